The Labute approximate surface area is 114 Å². The summed E-state index contributed by atoms with van der Waals surface area (Å²) in [6.07, 6.45) is -1.83. The van der Waals surface area contributed by atoms with E-state index in [9.17, 15) is 4.79 Å². The SMILES string of the molecule is CC1(C)O[C@H](C(=O)O)[C@@H](c2ccc(Cl)cc2Cl)O1. The fourth-order valence-electron chi connectivity index (χ4n) is 1.90. The van der Waals surface area contributed by atoms with Crippen molar-refractivity contribution < 1.29 is 19.4 Å². The van der Waals surface area contributed by atoms with Gasteiger partial charge in [0.15, 0.2) is 11.9 Å². The monoisotopic (exact) mass is 290 g/mol. The van der Waals surface area contributed by atoms with Crippen LogP contribution in [0.3, 0.4) is 0 Å². The van der Waals surface area contributed by atoms with Crippen LogP contribution in [0.2, 0.25) is 10.0 Å². The number of hydrogen-bond acceptors (Lipinski definition) is 3. The second kappa shape index (κ2) is 4.70. The van der Waals surface area contributed by atoms with Crippen molar-refractivity contribution in [1.82, 2.24) is 0 Å². The first-order valence-corrected chi connectivity index (χ1v) is 6.09. The lowest BCUT2D eigenvalue weighted by Crippen LogP contribution is -2.27. The van der Waals surface area contributed by atoms with Crippen LogP contribution in [0.15, 0.2) is 18.2 Å². The van der Waals surface area contributed by atoms with Gasteiger partial charge in [0.1, 0.15) is 6.10 Å². The van der Waals surface area contributed by atoms with Crippen LogP contribution in [0, 0.1) is 0 Å². The maximum Gasteiger partial charge on any atom is 0.336 e. The topological polar surface area (TPSA) is 55.8 Å². The lowest BCUT2D eigenvalue weighted by atomic mass is 10.0. The number of carbonyl (C=O) groups is 1. The quantitative estimate of drug-likeness (QED) is 0.908. The van der Waals surface area contributed by atoms with Crippen molar-refractivity contribution in [2.75, 3.05) is 0 Å². The highest BCUT2D eigenvalue weighted by molar-refractivity contribution is 6.35. The molecule has 0 radical (unpaired) electrons. The van der Waals surface area contributed by atoms with Crippen LogP contribution in [-0.4, -0.2) is 23.0 Å². The van der Waals surface area contributed by atoms with Gasteiger partial charge in [-0.05, 0) is 26.0 Å². The predicted octanol–water partition coefficient (Wildman–Crippen LogP) is 3.27. The normalized spacial score (nSPS) is 26.2. The van der Waals surface area contributed by atoms with Crippen molar-refractivity contribution in [3.8, 4) is 0 Å². The molecule has 0 unspecified atom stereocenters. The van der Waals surface area contributed by atoms with E-state index in [1.807, 2.05) is 0 Å². The minimum Gasteiger partial charge on any atom is -0.479 e. The molecule has 2 atom stereocenters. The average molecular weight is 291 g/mol. The summed E-state index contributed by atoms with van der Waals surface area (Å²) in [4.78, 5) is 11.2. The van der Waals surface area contributed by atoms with E-state index in [-0.39, 0.29) is 0 Å². The molecule has 0 aliphatic carbocycles. The summed E-state index contributed by atoms with van der Waals surface area (Å²) in [7, 11) is 0. The van der Waals surface area contributed by atoms with Crippen molar-refractivity contribution in [1.29, 1.82) is 0 Å². The van der Waals surface area contributed by atoms with Crippen LogP contribution < -0.4 is 0 Å². The molecule has 1 aliphatic heterocycles. The van der Waals surface area contributed by atoms with Gasteiger partial charge in [-0.2, -0.15) is 0 Å². The molecule has 0 bridgehead atoms. The third-order valence-electron chi connectivity index (χ3n) is 2.61. The standard InChI is InChI=1S/C12H12Cl2O4/c1-12(2)17-9(10(18-12)11(15)16)7-4-3-6(13)5-8(7)14/h3-5,9-10H,1-2H3,(H,15,16)/t9-,10+/m1/s1. The molecular formula is C12H12Cl2O4. The lowest BCUT2D eigenvalue weighted by molar-refractivity contribution is -0.165. The molecule has 1 saturated heterocycles. The number of carboxylic acid groups (broad SMARTS) is 1. The van der Waals surface area contributed by atoms with Crippen LogP contribution in [0.5, 0.6) is 0 Å². The Morgan fingerprint density at radius 1 is 1.33 bits per heavy atom. The van der Waals surface area contributed by atoms with Gasteiger partial charge >= 0.3 is 5.97 Å². The Balaban J connectivity index is 2.39. The first-order valence-electron chi connectivity index (χ1n) is 5.33. The molecule has 1 fully saturated rings. The number of halogens is 2. The van der Waals surface area contributed by atoms with E-state index in [2.05, 4.69) is 0 Å². The van der Waals surface area contributed by atoms with E-state index in [1.165, 1.54) is 0 Å². The second-order valence-corrected chi connectivity index (χ2v) is 5.32. The molecule has 1 aromatic rings. The Morgan fingerprint density at radius 2 is 2.00 bits per heavy atom. The zero-order valence-corrected chi connectivity index (χ0v) is 11.3. The number of carboxylic acids is 1. The summed E-state index contributed by atoms with van der Waals surface area (Å²) in [5, 5.41) is 9.99. The highest BCUT2D eigenvalue weighted by atomic mass is 35.5. The molecule has 6 heteroatoms. The maximum atomic E-state index is 11.2. The minimum absolute atomic E-state index is 0.361. The number of hydrogen-bond donors (Lipinski definition) is 1. The maximum absolute atomic E-state index is 11.2. The zero-order chi connectivity index (χ0) is 13.5. The van der Waals surface area contributed by atoms with Crippen molar-refractivity contribution in [3.05, 3.63) is 33.8 Å². The number of ether oxygens (including phenoxy) is 2. The van der Waals surface area contributed by atoms with Crippen molar-refractivity contribution >= 4 is 29.2 Å². The molecule has 18 heavy (non-hydrogen) atoms. The largest absolute Gasteiger partial charge is 0.479 e. The van der Waals surface area contributed by atoms with E-state index in [0.29, 0.717) is 15.6 Å². The first-order chi connectivity index (χ1) is 8.30. The third kappa shape index (κ3) is 2.62. The van der Waals surface area contributed by atoms with Crippen LogP contribution in [0.1, 0.15) is 25.5 Å². The Morgan fingerprint density at radius 3 is 2.56 bits per heavy atom. The van der Waals surface area contributed by atoms with E-state index in [1.54, 1.807) is 32.0 Å². The molecule has 1 heterocycles. The van der Waals surface area contributed by atoms with Gasteiger partial charge in [0.05, 0.1) is 0 Å². The van der Waals surface area contributed by atoms with Gasteiger partial charge < -0.3 is 14.6 Å². The molecule has 98 valence electrons. The van der Waals surface area contributed by atoms with Gasteiger partial charge in [-0.1, -0.05) is 29.3 Å². The molecule has 4 nitrogen and oxygen atoms in total. The van der Waals surface area contributed by atoms with Gasteiger partial charge in [0.25, 0.3) is 0 Å². The van der Waals surface area contributed by atoms with Gasteiger partial charge in [-0.3, -0.25) is 0 Å². The number of rotatable bonds is 2. The van der Waals surface area contributed by atoms with Crippen LogP contribution in [-0.2, 0) is 14.3 Å². The molecule has 0 spiro atoms. The van der Waals surface area contributed by atoms with Crippen LogP contribution in [0.25, 0.3) is 0 Å². The van der Waals surface area contributed by atoms with E-state index >= 15 is 0 Å². The fraction of sp³-hybridized carbons (Fsp3) is 0.417. The minimum atomic E-state index is -1.09. The van der Waals surface area contributed by atoms with Crippen molar-refractivity contribution in [2.45, 2.75) is 31.8 Å². The molecule has 0 aromatic heterocycles. The summed E-state index contributed by atoms with van der Waals surface area (Å²) in [6, 6.07) is 4.83. The second-order valence-electron chi connectivity index (χ2n) is 4.48. The van der Waals surface area contributed by atoms with Crippen LogP contribution >= 0.6 is 23.2 Å². The molecule has 1 N–H and O–H groups in total. The third-order valence-corrected chi connectivity index (χ3v) is 3.17. The molecule has 0 amide bonds. The zero-order valence-electron chi connectivity index (χ0n) is 9.81. The van der Waals surface area contributed by atoms with Gasteiger partial charge in [0.2, 0.25) is 0 Å². The first kappa shape index (κ1) is 13.6. The van der Waals surface area contributed by atoms with Crippen molar-refractivity contribution in [3.63, 3.8) is 0 Å². The fourth-order valence-corrected chi connectivity index (χ4v) is 2.42. The molecule has 0 saturated carbocycles. The van der Waals surface area contributed by atoms with Crippen molar-refractivity contribution in [2.24, 2.45) is 0 Å². The molecular weight excluding hydrogens is 279 g/mol. The highest BCUT2D eigenvalue weighted by Gasteiger charge is 2.46. The lowest BCUT2D eigenvalue weighted by Gasteiger charge is -2.17. The van der Waals surface area contributed by atoms with Gasteiger partial charge in [-0.15, -0.1) is 0 Å². The molecule has 2 rings (SSSR count). The molecule has 1 aliphatic rings. The van der Waals surface area contributed by atoms with Crippen LogP contribution in [0.4, 0.5) is 0 Å². The number of benzene rings is 1. The van der Waals surface area contributed by atoms with E-state index < -0.39 is 24.0 Å². The summed E-state index contributed by atoms with van der Waals surface area (Å²) < 4.78 is 10.9. The van der Waals surface area contributed by atoms with E-state index in [4.69, 9.17) is 37.8 Å². The Hall–Kier alpha value is -0.810. The van der Waals surface area contributed by atoms with E-state index in [0.717, 1.165) is 0 Å². The summed E-state index contributed by atoms with van der Waals surface area (Å²) in [6.45, 7) is 3.32. The average Bonchev–Trinajstić information content (AvgIpc) is 2.54. The Bertz CT molecular complexity index is 487. The van der Waals surface area contributed by atoms with Gasteiger partial charge in [-0.25, -0.2) is 4.79 Å². The molecule has 1 aromatic carbocycles. The van der Waals surface area contributed by atoms with Gasteiger partial charge in [0, 0.05) is 15.6 Å². The smallest absolute Gasteiger partial charge is 0.336 e. The Kier molecular flexibility index (Phi) is 3.56. The predicted molar refractivity (Wildman–Crippen MR) is 66.9 cm³/mol. The highest BCUT2D eigenvalue weighted by Crippen LogP contribution is 2.41. The number of aliphatic carboxylic acids is 1. The summed E-state index contributed by atoms with van der Waals surface area (Å²) in [5.41, 5.74) is 0.555. The summed E-state index contributed by atoms with van der Waals surface area (Å²) >= 11 is 11.9. The summed E-state index contributed by atoms with van der Waals surface area (Å²) in [5.74, 6) is -2.05.